The molecule has 0 spiro atoms. The minimum Gasteiger partial charge on any atom is -0.497 e. The van der Waals surface area contributed by atoms with Crippen molar-refractivity contribution in [1.82, 2.24) is 0 Å². The number of ether oxygens (including phenoxy) is 2. The Morgan fingerprint density at radius 2 is 1.93 bits per heavy atom. The fourth-order valence-electron chi connectivity index (χ4n) is 2.59. The zero-order valence-corrected chi connectivity index (χ0v) is 15.5. The largest absolute Gasteiger partial charge is 0.497 e. The molecule has 2 aromatic carbocycles. The van der Waals surface area contributed by atoms with Gasteiger partial charge in [0.15, 0.2) is 0 Å². The second-order valence-electron chi connectivity index (χ2n) is 6.02. The zero-order chi connectivity index (χ0) is 20.1. The summed E-state index contributed by atoms with van der Waals surface area (Å²) in [5, 5.41) is 3.16. The zero-order valence-electron chi connectivity index (χ0n) is 15.5. The molecule has 7 heteroatoms. The Labute approximate surface area is 160 Å². The molecule has 1 aromatic heterocycles. The van der Waals surface area contributed by atoms with Crippen LogP contribution in [0.4, 0.5) is 5.69 Å². The number of fused-ring (bicyclic) bond motifs is 1. The summed E-state index contributed by atoms with van der Waals surface area (Å²) in [5.74, 6) is -0.543. The number of hydrogen-bond acceptors (Lipinski definition) is 6. The molecule has 144 valence electrons. The van der Waals surface area contributed by atoms with Crippen LogP contribution in [-0.4, -0.2) is 25.6 Å². The summed E-state index contributed by atoms with van der Waals surface area (Å²) in [6, 6.07) is 12.7. The smallest absolute Gasteiger partial charge is 0.349 e. The van der Waals surface area contributed by atoms with E-state index >= 15 is 0 Å². The van der Waals surface area contributed by atoms with Crippen molar-refractivity contribution in [2.24, 2.45) is 0 Å². The number of methoxy groups -OCH3 is 1. The second-order valence-corrected chi connectivity index (χ2v) is 6.02. The van der Waals surface area contributed by atoms with Gasteiger partial charge in [-0.15, -0.1) is 0 Å². The lowest BCUT2D eigenvalue weighted by molar-refractivity contribution is 0.0505. The lowest BCUT2D eigenvalue weighted by Gasteiger charge is -2.08. The molecule has 28 heavy (non-hydrogen) atoms. The Bertz CT molecular complexity index is 1090. The maximum Gasteiger partial charge on any atom is 0.349 e. The minimum absolute atomic E-state index is 0.153. The van der Waals surface area contributed by atoms with Crippen LogP contribution in [0.25, 0.3) is 11.0 Å². The predicted molar refractivity (Wildman–Crippen MR) is 104 cm³/mol. The van der Waals surface area contributed by atoms with Crippen LogP contribution in [0.3, 0.4) is 0 Å². The number of carbonyl (C=O) groups is 2. The van der Waals surface area contributed by atoms with E-state index in [2.05, 4.69) is 5.32 Å². The number of amides is 1. The molecule has 0 bridgehead atoms. The predicted octanol–water partition coefficient (Wildman–Crippen LogP) is 3.62. The van der Waals surface area contributed by atoms with Gasteiger partial charge >= 0.3 is 11.6 Å². The van der Waals surface area contributed by atoms with Gasteiger partial charge in [0.2, 0.25) is 0 Å². The Morgan fingerprint density at radius 3 is 2.68 bits per heavy atom. The molecule has 1 heterocycles. The molecule has 0 unspecified atom stereocenters. The number of esters is 1. The van der Waals surface area contributed by atoms with Crippen molar-refractivity contribution in [3.05, 3.63) is 70.1 Å². The molecule has 0 aliphatic rings. The topological polar surface area (TPSA) is 94.8 Å². The van der Waals surface area contributed by atoms with Gasteiger partial charge in [-0.25, -0.2) is 9.59 Å². The third kappa shape index (κ3) is 4.20. The molecule has 7 nitrogen and oxygen atoms in total. The van der Waals surface area contributed by atoms with Gasteiger partial charge in [-0.1, -0.05) is 13.0 Å². The summed E-state index contributed by atoms with van der Waals surface area (Å²) >= 11 is 0. The van der Waals surface area contributed by atoms with E-state index in [4.69, 9.17) is 13.9 Å². The van der Waals surface area contributed by atoms with Gasteiger partial charge in [0.05, 0.1) is 19.3 Å². The van der Waals surface area contributed by atoms with Crippen molar-refractivity contribution < 1.29 is 23.5 Å². The molecule has 0 fully saturated rings. The van der Waals surface area contributed by atoms with Gasteiger partial charge in [0.25, 0.3) is 5.91 Å². The fraction of sp³-hybridized carbons (Fsp3) is 0.190. The lowest BCUT2D eigenvalue weighted by atomic mass is 10.1. The van der Waals surface area contributed by atoms with E-state index in [-0.39, 0.29) is 5.56 Å². The number of anilines is 1. The van der Waals surface area contributed by atoms with Gasteiger partial charge in [-0.2, -0.15) is 0 Å². The Balaban J connectivity index is 1.86. The van der Waals surface area contributed by atoms with Crippen molar-refractivity contribution >= 4 is 28.5 Å². The summed E-state index contributed by atoms with van der Waals surface area (Å²) < 4.78 is 15.4. The van der Waals surface area contributed by atoms with Crippen molar-refractivity contribution in [3.8, 4) is 5.75 Å². The van der Waals surface area contributed by atoms with Gasteiger partial charge in [-0.3, -0.25) is 4.79 Å². The maximum absolute atomic E-state index is 12.6. The summed E-state index contributed by atoms with van der Waals surface area (Å²) in [6.07, 6.45) is 0.713. The summed E-state index contributed by atoms with van der Waals surface area (Å²) in [4.78, 5) is 36.7. The molecule has 1 amide bonds. The quantitative estimate of drug-likeness (QED) is 0.518. The molecular weight excluding hydrogens is 362 g/mol. The van der Waals surface area contributed by atoms with Crippen molar-refractivity contribution in [1.29, 1.82) is 0 Å². The highest BCUT2D eigenvalue weighted by molar-refractivity contribution is 6.06. The van der Waals surface area contributed by atoms with Crippen LogP contribution >= 0.6 is 0 Å². The molecule has 0 aliphatic carbocycles. The van der Waals surface area contributed by atoms with E-state index in [1.807, 2.05) is 6.92 Å². The Hall–Kier alpha value is -3.61. The monoisotopic (exact) mass is 381 g/mol. The minimum atomic E-state index is -0.756. The molecule has 0 saturated carbocycles. The van der Waals surface area contributed by atoms with E-state index in [0.29, 0.717) is 41.0 Å². The van der Waals surface area contributed by atoms with Gasteiger partial charge < -0.3 is 19.2 Å². The van der Waals surface area contributed by atoms with Gasteiger partial charge in [0, 0.05) is 11.1 Å². The average molecular weight is 381 g/mol. The lowest BCUT2D eigenvalue weighted by Crippen LogP contribution is -2.20. The molecule has 3 rings (SSSR count). The standard InChI is InChI=1S/C21H19NO6/c1-3-9-27-20(24)13-5-4-6-15(10-13)22-19(23)17-12-14-11-16(26-2)7-8-18(14)28-21(17)25/h4-8,10-12H,3,9H2,1-2H3,(H,22,23). The van der Waals surface area contributed by atoms with Crippen molar-refractivity contribution in [2.75, 3.05) is 19.0 Å². The first kappa shape index (κ1) is 19.2. The van der Waals surface area contributed by atoms with Crippen LogP contribution < -0.4 is 15.7 Å². The first-order valence-corrected chi connectivity index (χ1v) is 8.72. The number of rotatable bonds is 6. The number of nitrogens with one attached hydrogen (secondary N) is 1. The molecule has 1 N–H and O–H groups in total. The molecular formula is C21H19NO6. The highest BCUT2D eigenvalue weighted by Gasteiger charge is 2.15. The van der Waals surface area contributed by atoms with Crippen LogP contribution in [-0.2, 0) is 4.74 Å². The first-order valence-electron chi connectivity index (χ1n) is 8.72. The second kappa shape index (κ2) is 8.39. The maximum atomic E-state index is 12.6. The van der Waals surface area contributed by atoms with Gasteiger partial charge in [0.1, 0.15) is 16.9 Å². The highest BCUT2D eigenvalue weighted by Crippen LogP contribution is 2.21. The van der Waals surface area contributed by atoms with Crippen LogP contribution in [0.2, 0.25) is 0 Å². The van der Waals surface area contributed by atoms with Gasteiger partial charge in [-0.05, 0) is 48.9 Å². The van der Waals surface area contributed by atoms with E-state index in [1.54, 1.807) is 36.4 Å². The SMILES string of the molecule is CCCOC(=O)c1cccc(NC(=O)c2cc3cc(OC)ccc3oc2=O)c1. The Kier molecular flexibility index (Phi) is 5.74. The van der Waals surface area contributed by atoms with Crippen LogP contribution in [0, 0.1) is 0 Å². The number of hydrogen-bond donors (Lipinski definition) is 1. The summed E-state index contributed by atoms with van der Waals surface area (Å²) in [6.45, 7) is 2.21. The van der Waals surface area contributed by atoms with Crippen LogP contribution in [0.1, 0.15) is 34.1 Å². The Morgan fingerprint density at radius 1 is 1.11 bits per heavy atom. The summed E-state index contributed by atoms with van der Waals surface area (Å²) in [7, 11) is 1.52. The van der Waals surface area contributed by atoms with E-state index < -0.39 is 17.5 Å². The molecule has 0 saturated heterocycles. The normalized spacial score (nSPS) is 10.5. The van der Waals surface area contributed by atoms with Crippen molar-refractivity contribution in [3.63, 3.8) is 0 Å². The third-order valence-electron chi connectivity index (χ3n) is 3.98. The van der Waals surface area contributed by atoms with E-state index in [9.17, 15) is 14.4 Å². The van der Waals surface area contributed by atoms with Crippen LogP contribution in [0.5, 0.6) is 5.75 Å². The van der Waals surface area contributed by atoms with Crippen LogP contribution in [0.15, 0.2) is 57.7 Å². The van der Waals surface area contributed by atoms with E-state index in [1.165, 1.54) is 19.2 Å². The van der Waals surface area contributed by atoms with Crippen molar-refractivity contribution in [2.45, 2.75) is 13.3 Å². The highest BCUT2D eigenvalue weighted by atomic mass is 16.5. The molecule has 0 aliphatic heterocycles. The summed E-state index contributed by atoms with van der Waals surface area (Å²) in [5.41, 5.74) is 0.110. The molecule has 3 aromatic rings. The van der Waals surface area contributed by atoms with E-state index in [0.717, 1.165) is 0 Å². The molecule has 0 atom stereocenters. The first-order chi connectivity index (χ1) is 13.5. The third-order valence-corrected chi connectivity index (χ3v) is 3.98. The number of carbonyl (C=O) groups excluding carboxylic acids is 2. The fourth-order valence-corrected chi connectivity index (χ4v) is 2.59. The number of benzene rings is 2. The average Bonchev–Trinajstić information content (AvgIpc) is 2.71. The molecule has 0 radical (unpaired) electrons.